The second-order valence-electron chi connectivity index (χ2n) is 8.31. The van der Waals surface area contributed by atoms with E-state index < -0.39 is 0 Å². The highest BCUT2D eigenvalue weighted by molar-refractivity contribution is 5.92. The van der Waals surface area contributed by atoms with Crippen molar-refractivity contribution in [1.82, 2.24) is 14.3 Å². The summed E-state index contributed by atoms with van der Waals surface area (Å²) in [5.41, 5.74) is 5.06. The third-order valence-corrected chi connectivity index (χ3v) is 5.84. The summed E-state index contributed by atoms with van der Waals surface area (Å²) in [5.74, 6) is -0.346. The normalized spacial score (nSPS) is 10.9. The van der Waals surface area contributed by atoms with Crippen LogP contribution in [0.2, 0.25) is 0 Å². The molecule has 0 saturated carbocycles. The van der Waals surface area contributed by atoms with Gasteiger partial charge >= 0.3 is 0 Å². The lowest BCUT2D eigenvalue weighted by Gasteiger charge is -2.13. The topological polar surface area (TPSA) is 98.0 Å². The molecule has 0 fully saturated rings. The molecule has 0 radical (unpaired) electrons. The Morgan fingerprint density at radius 2 is 1.56 bits per heavy atom. The number of aromatic nitrogens is 3. The van der Waals surface area contributed by atoms with E-state index in [0.717, 1.165) is 28.0 Å². The molecule has 34 heavy (non-hydrogen) atoms. The van der Waals surface area contributed by atoms with E-state index in [2.05, 4.69) is 10.6 Å². The van der Waals surface area contributed by atoms with Gasteiger partial charge < -0.3 is 10.6 Å². The number of nitrogens with one attached hydrogen (secondary N) is 2. The average molecular weight is 458 g/mol. The van der Waals surface area contributed by atoms with Gasteiger partial charge in [-0.25, -0.2) is 4.68 Å². The van der Waals surface area contributed by atoms with Crippen molar-refractivity contribution in [2.45, 2.75) is 33.6 Å². The molecule has 2 aromatic carbocycles. The molecule has 0 spiro atoms. The summed E-state index contributed by atoms with van der Waals surface area (Å²) in [6.45, 7) is 5.29. The molecule has 8 nitrogen and oxygen atoms in total. The van der Waals surface area contributed by atoms with Gasteiger partial charge in [-0.15, -0.1) is 0 Å². The van der Waals surface area contributed by atoms with Crippen LogP contribution < -0.4 is 16.2 Å². The Morgan fingerprint density at radius 1 is 0.941 bits per heavy atom. The monoisotopic (exact) mass is 457 g/mol. The summed E-state index contributed by atoms with van der Waals surface area (Å²) in [6.07, 6.45) is 0.487. The number of carbonyl (C=O) groups excluding carboxylic acids is 2. The molecule has 4 rings (SSSR count). The van der Waals surface area contributed by atoms with Crippen molar-refractivity contribution in [2.75, 3.05) is 10.6 Å². The van der Waals surface area contributed by atoms with E-state index >= 15 is 0 Å². The van der Waals surface area contributed by atoms with Crippen molar-refractivity contribution in [3.8, 4) is 5.69 Å². The van der Waals surface area contributed by atoms with Crippen molar-refractivity contribution < 1.29 is 9.59 Å². The van der Waals surface area contributed by atoms with Gasteiger partial charge in [-0.3, -0.25) is 19.0 Å². The van der Waals surface area contributed by atoms with Crippen molar-refractivity contribution in [2.24, 2.45) is 7.05 Å². The first-order chi connectivity index (χ1) is 16.3. The highest BCUT2D eigenvalue weighted by atomic mass is 16.2. The predicted molar refractivity (Wildman–Crippen MR) is 133 cm³/mol. The average Bonchev–Trinajstić information content (AvgIpc) is 3.16. The van der Waals surface area contributed by atoms with E-state index in [0.29, 0.717) is 23.4 Å². The molecule has 0 atom stereocenters. The van der Waals surface area contributed by atoms with Crippen LogP contribution in [0.25, 0.3) is 16.7 Å². The molecule has 174 valence electrons. The van der Waals surface area contributed by atoms with Crippen LogP contribution in [0, 0.1) is 13.8 Å². The Bertz CT molecular complexity index is 1430. The van der Waals surface area contributed by atoms with Gasteiger partial charge in [-0.05, 0) is 62.2 Å². The van der Waals surface area contributed by atoms with E-state index in [-0.39, 0.29) is 23.8 Å². The number of carbonyl (C=O) groups is 2. The highest BCUT2D eigenvalue weighted by Gasteiger charge is 2.20. The van der Waals surface area contributed by atoms with Crippen LogP contribution in [0.4, 0.5) is 11.4 Å². The Kier molecular flexibility index (Phi) is 6.32. The lowest BCUT2D eigenvalue weighted by molar-refractivity contribution is -0.116. The second kappa shape index (κ2) is 9.35. The minimum Gasteiger partial charge on any atom is -0.326 e. The Balaban J connectivity index is 1.57. The standard InChI is InChI=1S/C26H27N5O3/c1-16-22(14-15-23(33)28-20-12-10-19(11-13-20)27-18(3)32)26(34)30(4)25-24(16)17(2)29-31(25)21-8-6-5-7-9-21/h5-13H,14-15H2,1-4H3,(H,27,32)(H,28,33). The van der Waals surface area contributed by atoms with Gasteiger partial charge in [0.05, 0.1) is 11.4 Å². The Labute approximate surface area is 197 Å². The van der Waals surface area contributed by atoms with Crippen LogP contribution in [0.15, 0.2) is 59.4 Å². The van der Waals surface area contributed by atoms with E-state index in [4.69, 9.17) is 5.10 Å². The van der Waals surface area contributed by atoms with Crippen LogP contribution >= 0.6 is 0 Å². The van der Waals surface area contributed by atoms with Crippen molar-refractivity contribution in [3.63, 3.8) is 0 Å². The molecular weight excluding hydrogens is 430 g/mol. The lowest BCUT2D eigenvalue weighted by atomic mass is 10.0. The maximum absolute atomic E-state index is 13.2. The van der Waals surface area contributed by atoms with Gasteiger partial charge in [0.1, 0.15) is 5.65 Å². The Morgan fingerprint density at radius 3 is 2.18 bits per heavy atom. The number of amides is 2. The SMILES string of the molecule is CC(=O)Nc1ccc(NC(=O)CCc2c(C)c3c(C)nn(-c4ccccc4)c3n(C)c2=O)cc1. The van der Waals surface area contributed by atoms with Crippen LogP contribution in [0.3, 0.4) is 0 Å². The third kappa shape index (κ3) is 4.47. The van der Waals surface area contributed by atoms with Gasteiger partial charge in [0, 0.05) is 42.7 Å². The number of nitrogens with zero attached hydrogens (tertiary/aromatic N) is 3. The molecule has 0 aliphatic carbocycles. The molecule has 0 aliphatic rings. The molecule has 8 heteroatoms. The van der Waals surface area contributed by atoms with Crippen LogP contribution in [0.1, 0.15) is 30.2 Å². The number of hydrogen-bond donors (Lipinski definition) is 2. The van der Waals surface area contributed by atoms with Gasteiger partial charge in [0.15, 0.2) is 0 Å². The summed E-state index contributed by atoms with van der Waals surface area (Å²) in [7, 11) is 1.74. The predicted octanol–water partition coefficient (Wildman–Crippen LogP) is 3.87. The molecule has 2 aromatic heterocycles. The molecule has 2 N–H and O–H groups in total. The number of para-hydroxylation sites is 1. The summed E-state index contributed by atoms with van der Waals surface area (Å²) in [4.78, 5) is 37.0. The third-order valence-electron chi connectivity index (χ3n) is 5.84. The zero-order valence-corrected chi connectivity index (χ0v) is 19.7. The molecule has 0 bridgehead atoms. The first-order valence-corrected chi connectivity index (χ1v) is 11.1. The largest absolute Gasteiger partial charge is 0.326 e. The minimum absolute atomic E-state index is 0.130. The molecule has 2 amide bonds. The van der Waals surface area contributed by atoms with Crippen LogP contribution in [-0.2, 0) is 23.1 Å². The maximum atomic E-state index is 13.2. The number of fused-ring (bicyclic) bond motifs is 1. The van der Waals surface area contributed by atoms with Crippen molar-refractivity contribution >= 4 is 34.2 Å². The number of anilines is 2. The van der Waals surface area contributed by atoms with E-state index in [1.807, 2.05) is 44.2 Å². The van der Waals surface area contributed by atoms with E-state index in [1.54, 1.807) is 40.6 Å². The van der Waals surface area contributed by atoms with E-state index in [1.165, 1.54) is 6.92 Å². The molecular formula is C26H27N5O3. The van der Waals surface area contributed by atoms with Crippen LogP contribution in [0.5, 0.6) is 0 Å². The molecule has 4 aromatic rings. The highest BCUT2D eigenvalue weighted by Crippen LogP contribution is 2.26. The fourth-order valence-corrected chi connectivity index (χ4v) is 4.22. The van der Waals surface area contributed by atoms with Gasteiger partial charge in [0.2, 0.25) is 11.8 Å². The fraction of sp³-hybridized carbons (Fsp3) is 0.231. The maximum Gasteiger partial charge on any atom is 0.255 e. The Hall–Kier alpha value is -4.20. The number of aryl methyl sites for hydroxylation is 3. The summed E-state index contributed by atoms with van der Waals surface area (Å²) >= 11 is 0. The second-order valence-corrected chi connectivity index (χ2v) is 8.31. The lowest BCUT2D eigenvalue weighted by Crippen LogP contribution is -2.25. The van der Waals surface area contributed by atoms with Crippen LogP contribution in [-0.4, -0.2) is 26.2 Å². The number of rotatable bonds is 6. The summed E-state index contributed by atoms with van der Waals surface area (Å²) < 4.78 is 3.41. The van der Waals surface area contributed by atoms with Crippen molar-refractivity contribution in [1.29, 1.82) is 0 Å². The number of benzene rings is 2. The smallest absolute Gasteiger partial charge is 0.255 e. The fourth-order valence-electron chi connectivity index (χ4n) is 4.22. The van der Waals surface area contributed by atoms with Gasteiger partial charge in [0.25, 0.3) is 5.56 Å². The quantitative estimate of drug-likeness (QED) is 0.459. The molecule has 0 aliphatic heterocycles. The summed E-state index contributed by atoms with van der Waals surface area (Å²) in [6, 6.07) is 16.6. The summed E-state index contributed by atoms with van der Waals surface area (Å²) in [5, 5.41) is 11.1. The molecule has 2 heterocycles. The zero-order chi connectivity index (χ0) is 24.4. The molecule has 0 unspecified atom stereocenters. The van der Waals surface area contributed by atoms with E-state index in [9.17, 15) is 14.4 Å². The number of pyridine rings is 1. The first-order valence-electron chi connectivity index (χ1n) is 11.1. The van der Waals surface area contributed by atoms with Gasteiger partial charge in [-0.1, -0.05) is 18.2 Å². The number of hydrogen-bond acceptors (Lipinski definition) is 4. The van der Waals surface area contributed by atoms with Gasteiger partial charge in [-0.2, -0.15) is 5.10 Å². The van der Waals surface area contributed by atoms with Crippen molar-refractivity contribution in [3.05, 3.63) is 81.8 Å². The molecule has 0 saturated heterocycles. The zero-order valence-electron chi connectivity index (χ0n) is 19.7. The minimum atomic E-state index is -0.189. The first kappa shape index (κ1) is 23.0.